The van der Waals surface area contributed by atoms with Crippen molar-refractivity contribution < 1.29 is 18.7 Å². The van der Waals surface area contributed by atoms with Gasteiger partial charge in [-0.25, -0.2) is 4.98 Å². The van der Waals surface area contributed by atoms with Crippen molar-refractivity contribution in [3.8, 4) is 16.6 Å². The molecule has 1 aromatic carbocycles. The molecule has 3 heterocycles. The van der Waals surface area contributed by atoms with Gasteiger partial charge in [0.25, 0.3) is 5.91 Å². The Morgan fingerprint density at radius 1 is 1.55 bits per heavy atom. The summed E-state index contributed by atoms with van der Waals surface area (Å²) in [6.45, 7) is 1.44. The molecule has 2 aromatic heterocycles. The molecule has 0 saturated carbocycles. The number of ether oxygens (including phenoxy) is 2. The molecule has 1 saturated heterocycles. The Morgan fingerprint density at radius 2 is 2.39 bits per heavy atom. The van der Waals surface area contributed by atoms with Gasteiger partial charge in [-0.15, -0.1) is 16.4 Å². The monoisotopic (exact) mass is 472 g/mol. The zero-order valence-electron chi connectivity index (χ0n) is 18.4. The lowest BCUT2D eigenvalue weighted by Gasteiger charge is -2.25. The summed E-state index contributed by atoms with van der Waals surface area (Å²) in [6.07, 6.45) is 2.06. The molecule has 1 amide bonds. The minimum absolute atomic E-state index is 0.0717. The number of benzene rings is 1. The maximum absolute atomic E-state index is 13.8. The minimum atomic E-state index is -0.716. The lowest BCUT2D eigenvalue weighted by atomic mass is 10.1. The molecule has 0 spiro atoms. The molecular weight excluding hydrogens is 447 g/mol. The number of fused-ring (bicyclic) bond motifs is 1. The number of thiazole rings is 1. The van der Waals surface area contributed by atoms with E-state index in [1.165, 1.54) is 16.0 Å². The highest BCUT2D eigenvalue weighted by molar-refractivity contribution is 7.15. The Morgan fingerprint density at radius 3 is 3.18 bits per heavy atom. The van der Waals surface area contributed by atoms with Crippen molar-refractivity contribution in [1.29, 1.82) is 5.26 Å². The van der Waals surface area contributed by atoms with Crippen LogP contribution >= 0.6 is 11.3 Å². The third kappa shape index (κ3) is 5.36. The zero-order chi connectivity index (χ0) is 23.4. The number of carbonyl (C=O) groups is 1. The van der Waals surface area contributed by atoms with Gasteiger partial charge in [0.15, 0.2) is 0 Å². The molecule has 3 atom stereocenters. The standard InChI is InChI=1S/C22H25FN6O3S/c1-29-18-7-13(3-4-17(18)20(23)28-29)22-26-10-16(33-22)8-14(9-24)27-21(30)19-11-25-6-5-15(31-2)12-32-19/h3-4,7,10,14-15,19,25H,5-6,8,11-12H2,1-2H3,(H,27,30)/t14?,15-,19+/m1/s1. The fraction of sp³-hybridized carbons (Fsp3) is 0.455. The number of hydrogen-bond acceptors (Lipinski definition) is 8. The highest BCUT2D eigenvalue weighted by Crippen LogP contribution is 2.29. The van der Waals surface area contributed by atoms with Gasteiger partial charge in [-0.1, -0.05) is 6.07 Å². The van der Waals surface area contributed by atoms with Crippen LogP contribution in [0.4, 0.5) is 4.39 Å². The van der Waals surface area contributed by atoms with Gasteiger partial charge in [0.2, 0.25) is 5.95 Å². The van der Waals surface area contributed by atoms with Crippen LogP contribution in [0.1, 0.15) is 11.3 Å². The van der Waals surface area contributed by atoms with Crippen LogP contribution < -0.4 is 10.6 Å². The minimum Gasteiger partial charge on any atom is -0.379 e. The van der Waals surface area contributed by atoms with Gasteiger partial charge in [-0.3, -0.25) is 9.48 Å². The normalized spacial score (nSPS) is 20.1. The molecule has 174 valence electrons. The molecule has 3 aromatic rings. The first-order chi connectivity index (χ1) is 16.0. The first kappa shape index (κ1) is 23.3. The summed E-state index contributed by atoms with van der Waals surface area (Å²) in [5.41, 5.74) is 1.51. The van der Waals surface area contributed by atoms with Crippen molar-refractivity contribution in [2.24, 2.45) is 7.05 Å². The van der Waals surface area contributed by atoms with Crippen LogP contribution in [0.2, 0.25) is 0 Å². The largest absolute Gasteiger partial charge is 0.379 e. The van der Waals surface area contributed by atoms with Crippen molar-refractivity contribution in [1.82, 2.24) is 25.4 Å². The van der Waals surface area contributed by atoms with Crippen LogP contribution in [-0.2, 0) is 27.7 Å². The molecule has 2 N–H and O–H groups in total. The molecular formula is C22H25FN6O3S. The molecule has 0 aliphatic carbocycles. The molecule has 1 aliphatic rings. The predicted octanol–water partition coefficient (Wildman–Crippen LogP) is 1.78. The number of hydrogen-bond donors (Lipinski definition) is 2. The average molecular weight is 473 g/mol. The number of halogens is 1. The zero-order valence-corrected chi connectivity index (χ0v) is 19.2. The smallest absolute Gasteiger partial charge is 0.251 e. The molecule has 9 nitrogen and oxygen atoms in total. The quantitative estimate of drug-likeness (QED) is 0.562. The van der Waals surface area contributed by atoms with Crippen LogP contribution in [0.5, 0.6) is 0 Å². The number of nitrogens with zero attached hydrogens (tertiary/aromatic N) is 4. The van der Waals surface area contributed by atoms with Crippen LogP contribution in [0.3, 0.4) is 0 Å². The van der Waals surface area contributed by atoms with Crippen molar-refractivity contribution >= 4 is 28.1 Å². The number of nitriles is 1. The van der Waals surface area contributed by atoms with Gasteiger partial charge in [0.1, 0.15) is 17.2 Å². The molecule has 4 rings (SSSR count). The van der Waals surface area contributed by atoms with Crippen LogP contribution in [0.25, 0.3) is 21.5 Å². The number of methoxy groups -OCH3 is 1. The van der Waals surface area contributed by atoms with Crippen molar-refractivity contribution in [3.63, 3.8) is 0 Å². The van der Waals surface area contributed by atoms with E-state index in [1.807, 2.05) is 6.07 Å². The van der Waals surface area contributed by atoms with E-state index in [0.29, 0.717) is 30.5 Å². The Balaban J connectivity index is 1.40. The third-order valence-electron chi connectivity index (χ3n) is 5.57. The maximum Gasteiger partial charge on any atom is 0.251 e. The predicted molar refractivity (Wildman–Crippen MR) is 121 cm³/mol. The van der Waals surface area contributed by atoms with Gasteiger partial charge in [0.05, 0.1) is 29.7 Å². The van der Waals surface area contributed by atoms with Crippen molar-refractivity contribution in [3.05, 3.63) is 35.2 Å². The SMILES string of the molecule is CO[C@@H]1CCNC[C@@H](C(=O)NC(C#N)Cc2cnc(-c3ccc4c(F)nn(C)c4c3)s2)OC1. The Bertz CT molecular complexity index is 1170. The Labute approximate surface area is 194 Å². The van der Waals surface area contributed by atoms with E-state index in [1.54, 1.807) is 32.5 Å². The van der Waals surface area contributed by atoms with E-state index in [4.69, 9.17) is 9.47 Å². The summed E-state index contributed by atoms with van der Waals surface area (Å²) < 4.78 is 26.3. The van der Waals surface area contributed by atoms with Gasteiger partial charge in [-0.2, -0.15) is 9.65 Å². The first-order valence-electron chi connectivity index (χ1n) is 10.6. The summed E-state index contributed by atoms with van der Waals surface area (Å²) in [5, 5.41) is 20.5. The van der Waals surface area contributed by atoms with E-state index >= 15 is 0 Å². The molecule has 33 heavy (non-hydrogen) atoms. The third-order valence-corrected chi connectivity index (χ3v) is 6.64. The Hall–Kier alpha value is -2.91. The molecule has 0 radical (unpaired) electrons. The van der Waals surface area contributed by atoms with Crippen molar-refractivity contribution in [2.75, 3.05) is 26.8 Å². The van der Waals surface area contributed by atoms with E-state index < -0.39 is 18.1 Å². The summed E-state index contributed by atoms with van der Waals surface area (Å²) in [4.78, 5) is 18.0. The van der Waals surface area contributed by atoms with E-state index in [0.717, 1.165) is 28.4 Å². The number of carbonyl (C=O) groups excluding carboxylic acids is 1. The second-order valence-electron chi connectivity index (χ2n) is 7.84. The van der Waals surface area contributed by atoms with Crippen molar-refractivity contribution in [2.45, 2.75) is 31.1 Å². The molecule has 11 heteroatoms. The second-order valence-corrected chi connectivity index (χ2v) is 8.96. The highest BCUT2D eigenvalue weighted by Gasteiger charge is 2.25. The van der Waals surface area contributed by atoms with E-state index in [2.05, 4.69) is 26.8 Å². The lowest BCUT2D eigenvalue weighted by molar-refractivity contribution is -0.136. The summed E-state index contributed by atoms with van der Waals surface area (Å²) in [6, 6.07) is 6.75. The molecule has 1 aliphatic heterocycles. The fourth-order valence-electron chi connectivity index (χ4n) is 3.69. The molecule has 1 unspecified atom stereocenters. The molecule has 1 fully saturated rings. The van der Waals surface area contributed by atoms with Gasteiger partial charge in [0, 0.05) is 43.8 Å². The highest BCUT2D eigenvalue weighted by atomic mass is 32.1. The summed E-state index contributed by atoms with van der Waals surface area (Å²) in [7, 11) is 3.31. The first-order valence-corrected chi connectivity index (χ1v) is 11.4. The lowest BCUT2D eigenvalue weighted by Crippen LogP contribution is -2.49. The Kier molecular flexibility index (Phi) is 7.29. The van der Waals surface area contributed by atoms with Crippen LogP contribution in [-0.4, -0.2) is 65.7 Å². The van der Waals surface area contributed by atoms with Gasteiger partial charge < -0.3 is 20.1 Å². The number of rotatable bonds is 6. The van der Waals surface area contributed by atoms with Crippen LogP contribution in [0, 0.1) is 17.3 Å². The average Bonchev–Trinajstić information content (AvgIpc) is 3.37. The molecule has 0 bridgehead atoms. The number of nitrogens with one attached hydrogen (secondary N) is 2. The van der Waals surface area contributed by atoms with E-state index in [9.17, 15) is 14.4 Å². The van der Waals surface area contributed by atoms with Gasteiger partial charge >= 0.3 is 0 Å². The number of aromatic nitrogens is 3. The summed E-state index contributed by atoms with van der Waals surface area (Å²) >= 11 is 1.43. The van der Waals surface area contributed by atoms with Crippen LogP contribution in [0.15, 0.2) is 24.4 Å². The second kappa shape index (κ2) is 10.4. The number of aryl methyl sites for hydroxylation is 1. The maximum atomic E-state index is 13.8. The van der Waals surface area contributed by atoms with Gasteiger partial charge in [-0.05, 0) is 25.1 Å². The van der Waals surface area contributed by atoms with E-state index in [-0.39, 0.29) is 12.0 Å². The summed E-state index contributed by atoms with van der Waals surface area (Å²) in [5.74, 6) is -0.841. The topological polar surface area (TPSA) is 114 Å². The fourth-order valence-corrected chi connectivity index (χ4v) is 4.65. The number of amides is 1.